The van der Waals surface area contributed by atoms with Gasteiger partial charge in [-0.2, -0.15) is 0 Å². The summed E-state index contributed by atoms with van der Waals surface area (Å²) in [6.45, 7) is 7.85. The van der Waals surface area contributed by atoms with Crippen molar-refractivity contribution in [1.82, 2.24) is 29.7 Å². The minimum atomic E-state index is -0.845. The van der Waals surface area contributed by atoms with Gasteiger partial charge in [0, 0.05) is 55.7 Å². The molecule has 3 atom stereocenters. The van der Waals surface area contributed by atoms with Gasteiger partial charge < -0.3 is 25.8 Å². The first-order valence-corrected chi connectivity index (χ1v) is 17.8. The molecule has 2 aromatic carbocycles. The average Bonchev–Trinajstić information content (AvgIpc) is 3.73. The Morgan fingerprint density at radius 3 is 2.56 bits per heavy atom. The first kappa shape index (κ1) is 35.1. The monoisotopic (exact) mass is 707 g/mol. The van der Waals surface area contributed by atoms with Crippen LogP contribution in [0, 0.1) is 13.8 Å². The van der Waals surface area contributed by atoms with Crippen LogP contribution in [0.25, 0.3) is 22.4 Å². The van der Waals surface area contributed by atoms with Crippen molar-refractivity contribution < 1.29 is 19.4 Å². The molecule has 2 fully saturated rings. The molecule has 1 spiro atoms. The molecule has 0 unspecified atom stereocenters. The van der Waals surface area contributed by atoms with E-state index in [2.05, 4.69) is 39.9 Å². The highest BCUT2D eigenvalue weighted by atomic mass is 16.5. The number of aliphatic hydroxyl groups excluding tert-OH is 1. The first-order chi connectivity index (χ1) is 24.9. The van der Waals surface area contributed by atoms with Crippen molar-refractivity contribution >= 4 is 17.6 Å². The number of urea groups is 1. The smallest absolute Gasteiger partial charge is 0.330 e. The Hall–Kier alpha value is -5.27. The Bertz CT molecular complexity index is 2210. The summed E-state index contributed by atoms with van der Waals surface area (Å²) in [5.74, 6) is -0.0232. The predicted octanol–water partition coefficient (Wildman–Crippen LogP) is 3.67. The van der Waals surface area contributed by atoms with E-state index in [1.807, 2.05) is 31.2 Å². The SMILES string of the molecule is COc1nc(-c2cccc(-c3cccc(NC(=O)c4cn(C[C@H](C)O)c(=O)n(C)c4=O)c3C)c2C)cc2c1[C@@H](N1CC[C@@]3(CCNC(=O)N3)C1)CC2. The lowest BCUT2D eigenvalue weighted by molar-refractivity contribution is 0.102. The van der Waals surface area contributed by atoms with Crippen molar-refractivity contribution in [2.75, 3.05) is 32.1 Å². The number of nitrogens with one attached hydrogen (secondary N) is 3. The standard InChI is InChI=1S/C39H45N7O6/c1-22(47)19-46-20-29(36(49)44(4)38(46)51)34(48)41-30-11-7-9-27(24(30)3)26-8-6-10-28(23(26)2)31-18-25-12-13-32(33(25)35(42-31)52-5)45-17-15-39(21-45)14-16-40-37(50)43-39/h6-11,18,20,22,32,47H,12-17,19,21H2,1-5H3,(H,41,48)(H2,40,43,50)/t22-,32-,39-/m0/s1. The molecule has 0 radical (unpaired) electrons. The fraction of sp³-hybridized carbons (Fsp3) is 0.410. The lowest BCUT2D eigenvalue weighted by atomic mass is 9.91. The van der Waals surface area contributed by atoms with Crippen molar-refractivity contribution in [1.29, 1.82) is 0 Å². The quantitative estimate of drug-likeness (QED) is 0.216. The Morgan fingerprint density at radius 1 is 1.10 bits per heavy atom. The summed E-state index contributed by atoms with van der Waals surface area (Å²) in [4.78, 5) is 58.6. The minimum absolute atomic E-state index is 0.0546. The van der Waals surface area contributed by atoms with Crippen LogP contribution >= 0.6 is 0 Å². The van der Waals surface area contributed by atoms with Gasteiger partial charge in [-0.05, 0) is 86.4 Å². The van der Waals surface area contributed by atoms with Gasteiger partial charge in [-0.1, -0.05) is 30.3 Å². The highest BCUT2D eigenvalue weighted by Crippen LogP contribution is 2.46. The molecule has 3 amide bonds. The molecule has 0 saturated carbocycles. The zero-order valence-electron chi connectivity index (χ0n) is 30.2. The Balaban J connectivity index is 1.17. The second-order valence-corrected chi connectivity index (χ2v) is 14.4. The number of aromatic nitrogens is 3. The van der Waals surface area contributed by atoms with Crippen LogP contribution in [0.1, 0.15) is 64.8 Å². The predicted molar refractivity (Wildman–Crippen MR) is 198 cm³/mol. The number of rotatable bonds is 8. The van der Waals surface area contributed by atoms with E-state index in [1.54, 1.807) is 13.2 Å². The molecular weight excluding hydrogens is 662 g/mol. The summed E-state index contributed by atoms with van der Waals surface area (Å²) in [5.41, 5.74) is 6.65. The van der Waals surface area contributed by atoms with Gasteiger partial charge in [0.1, 0.15) is 5.56 Å². The lowest BCUT2D eigenvalue weighted by Gasteiger charge is -2.36. The van der Waals surface area contributed by atoms with Crippen LogP contribution in [-0.2, 0) is 20.0 Å². The number of benzene rings is 2. The number of ether oxygens (including phenoxy) is 1. The highest BCUT2D eigenvalue weighted by molar-refractivity contribution is 6.04. The van der Waals surface area contributed by atoms with Crippen molar-refractivity contribution in [2.24, 2.45) is 7.05 Å². The molecule has 52 heavy (non-hydrogen) atoms. The number of likely N-dealkylation sites (tertiary alicyclic amines) is 1. The van der Waals surface area contributed by atoms with Gasteiger partial charge >= 0.3 is 11.7 Å². The summed E-state index contributed by atoms with van der Waals surface area (Å²) in [6.07, 6.45) is 4.06. The third-order valence-electron chi connectivity index (χ3n) is 11.0. The number of nitrogens with zero attached hydrogens (tertiary/aromatic N) is 4. The van der Waals surface area contributed by atoms with E-state index >= 15 is 0 Å². The van der Waals surface area contributed by atoms with Gasteiger partial charge in [-0.3, -0.25) is 23.6 Å². The van der Waals surface area contributed by atoms with Crippen molar-refractivity contribution in [3.8, 4) is 28.3 Å². The van der Waals surface area contributed by atoms with Crippen molar-refractivity contribution in [2.45, 2.75) is 70.7 Å². The molecule has 272 valence electrons. The molecule has 0 bridgehead atoms. The second-order valence-electron chi connectivity index (χ2n) is 14.4. The number of hydrogen-bond donors (Lipinski definition) is 4. The lowest BCUT2D eigenvalue weighted by Crippen LogP contribution is -2.59. The second kappa shape index (κ2) is 13.7. The molecule has 4 aromatic rings. The van der Waals surface area contributed by atoms with Crippen LogP contribution < -0.4 is 31.9 Å². The fourth-order valence-electron chi connectivity index (χ4n) is 8.24. The van der Waals surface area contributed by atoms with Crippen molar-refractivity contribution in [3.63, 3.8) is 0 Å². The molecule has 1 aliphatic carbocycles. The maximum Gasteiger partial charge on any atom is 0.330 e. The molecule has 2 aromatic heterocycles. The van der Waals surface area contributed by atoms with Crippen LogP contribution in [0.3, 0.4) is 0 Å². The van der Waals surface area contributed by atoms with Gasteiger partial charge in [-0.15, -0.1) is 0 Å². The molecule has 4 N–H and O–H groups in total. The molecule has 3 aliphatic rings. The molecule has 2 aliphatic heterocycles. The van der Waals surface area contributed by atoms with E-state index in [-0.39, 0.29) is 29.7 Å². The number of amides is 3. The molecular formula is C39H45N7O6. The number of aryl methyl sites for hydroxylation is 1. The summed E-state index contributed by atoms with van der Waals surface area (Å²) in [6, 6.07) is 14.0. The largest absolute Gasteiger partial charge is 0.481 e. The van der Waals surface area contributed by atoms with Gasteiger partial charge in [0.2, 0.25) is 5.88 Å². The first-order valence-electron chi connectivity index (χ1n) is 17.8. The van der Waals surface area contributed by atoms with E-state index < -0.39 is 23.3 Å². The number of hydrogen-bond acceptors (Lipinski definition) is 8. The number of aliphatic hydroxyl groups is 1. The fourth-order valence-corrected chi connectivity index (χ4v) is 8.24. The Labute approximate surface area is 301 Å². The van der Waals surface area contributed by atoms with Gasteiger partial charge in [0.15, 0.2) is 0 Å². The summed E-state index contributed by atoms with van der Waals surface area (Å²) >= 11 is 0. The zero-order chi connectivity index (χ0) is 36.9. The van der Waals surface area contributed by atoms with Crippen LogP contribution in [0.5, 0.6) is 5.88 Å². The maximum atomic E-state index is 13.5. The van der Waals surface area contributed by atoms with E-state index in [1.165, 1.54) is 30.3 Å². The number of carbonyl (C=O) groups excluding carboxylic acids is 2. The van der Waals surface area contributed by atoms with E-state index in [0.29, 0.717) is 18.1 Å². The van der Waals surface area contributed by atoms with Crippen molar-refractivity contribution in [3.05, 3.63) is 97.3 Å². The van der Waals surface area contributed by atoms with Crippen LogP contribution in [-0.4, -0.2) is 74.4 Å². The van der Waals surface area contributed by atoms with E-state index in [9.17, 15) is 24.3 Å². The van der Waals surface area contributed by atoms with E-state index in [0.717, 1.165) is 82.4 Å². The minimum Gasteiger partial charge on any atom is -0.481 e. The third kappa shape index (κ3) is 6.28. The summed E-state index contributed by atoms with van der Waals surface area (Å²) in [5, 5.41) is 18.8. The van der Waals surface area contributed by atoms with E-state index in [4.69, 9.17) is 9.72 Å². The summed E-state index contributed by atoms with van der Waals surface area (Å²) < 4.78 is 8.00. The number of pyridine rings is 1. The number of fused-ring (bicyclic) bond motifs is 1. The molecule has 4 heterocycles. The van der Waals surface area contributed by atoms with Crippen LogP contribution in [0.2, 0.25) is 0 Å². The molecule has 13 heteroatoms. The highest BCUT2D eigenvalue weighted by Gasteiger charge is 2.45. The average molecular weight is 708 g/mol. The number of carbonyl (C=O) groups is 2. The van der Waals surface area contributed by atoms with Crippen LogP contribution in [0.15, 0.2) is 58.3 Å². The Kier molecular flexibility index (Phi) is 9.26. The topological polar surface area (TPSA) is 160 Å². The van der Waals surface area contributed by atoms with Crippen LogP contribution in [0.4, 0.5) is 10.5 Å². The summed E-state index contributed by atoms with van der Waals surface area (Å²) in [7, 11) is 2.98. The zero-order valence-corrected chi connectivity index (χ0v) is 30.2. The van der Waals surface area contributed by atoms with Gasteiger partial charge in [-0.25, -0.2) is 14.6 Å². The third-order valence-corrected chi connectivity index (χ3v) is 11.0. The van der Waals surface area contributed by atoms with Gasteiger partial charge in [0.25, 0.3) is 11.5 Å². The van der Waals surface area contributed by atoms with Gasteiger partial charge in [0.05, 0.1) is 31.0 Å². The molecule has 7 rings (SSSR count). The molecule has 2 saturated heterocycles. The number of anilines is 1. The number of methoxy groups -OCH3 is 1. The molecule has 13 nitrogen and oxygen atoms in total. The Morgan fingerprint density at radius 2 is 1.83 bits per heavy atom. The maximum absolute atomic E-state index is 13.5. The normalized spacial score (nSPS) is 20.3.